The van der Waals surface area contributed by atoms with Gasteiger partial charge in [0, 0.05) is 45.4 Å². The molecule has 2 fully saturated rings. The molecule has 0 unspecified atom stereocenters. The minimum absolute atomic E-state index is 0.219. The zero-order chi connectivity index (χ0) is 33.8. The van der Waals surface area contributed by atoms with Gasteiger partial charge in [0.25, 0.3) is 0 Å². The Labute approximate surface area is 282 Å². The summed E-state index contributed by atoms with van der Waals surface area (Å²) in [6, 6.07) is 18.0. The third kappa shape index (κ3) is 7.69. The van der Waals surface area contributed by atoms with E-state index in [0.717, 1.165) is 25.9 Å². The SMILES string of the molecule is CC(=O)OC[C@H]1O[C@@H](n2cnc3c(NCCc4ccccc4)nc(N4CC(Cc5ccc(Cl)cc5)C4)nc32)[C@@H](OC(C)=O)[C@@H]1OC(C)=O. The third-order valence-electron chi connectivity index (χ3n) is 8.25. The van der Waals surface area contributed by atoms with Crippen LogP contribution in [0.3, 0.4) is 0 Å². The van der Waals surface area contributed by atoms with Crippen molar-refractivity contribution in [2.45, 2.75) is 58.2 Å². The van der Waals surface area contributed by atoms with Gasteiger partial charge < -0.3 is 29.2 Å². The lowest BCUT2D eigenvalue weighted by Crippen LogP contribution is -2.48. The highest BCUT2D eigenvalue weighted by atomic mass is 35.5. The molecule has 0 radical (unpaired) electrons. The number of nitrogens with one attached hydrogen (secondary N) is 1. The molecule has 2 saturated heterocycles. The zero-order valence-corrected chi connectivity index (χ0v) is 27.6. The smallest absolute Gasteiger partial charge is 0.303 e. The number of imidazole rings is 1. The molecule has 0 saturated carbocycles. The van der Waals surface area contributed by atoms with E-state index in [-0.39, 0.29) is 6.61 Å². The molecule has 4 atom stereocenters. The van der Waals surface area contributed by atoms with Crippen molar-refractivity contribution < 1.29 is 33.3 Å². The van der Waals surface area contributed by atoms with Crippen molar-refractivity contribution in [3.63, 3.8) is 0 Å². The second kappa shape index (κ2) is 14.6. The summed E-state index contributed by atoms with van der Waals surface area (Å²) < 4.78 is 24.4. The van der Waals surface area contributed by atoms with E-state index in [4.69, 9.17) is 40.5 Å². The summed E-state index contributed by atoms with van der Waals surface area (Å²) in [5.74, 6) is -0.287. The van der Waals surface area contributed by atoms with Gasteiger partial charge in [0.15, 0.2) is 35.4 Å². The van der Waals surface area contributed by atoms with Gasteiger partial charge in [0.2, 0.25) is 5.95 Å². The molecule has 0 amide bonds. The van der Waals surface area contributed by atoms with Crippen LogP contribution >= 0.6 is 11.6 Å². The first kappa shape index (κ1) is 33.2. The number of benzene rings is 2. The number of carbonyl (C=O) groups is 3. The highest BCUT2D eigenvalue weighted by molar-refractivity contribution is 6.30. The van der Waals surface area contributed by atoms with E-state index < -0.39 is 42.4 Å². The van der Waals surface area contributed by atoms with Gasteiger partial charge in [-0.1, -0.05) is 54.1 Å². The predicted molar refractivity (Wildman–Crippen MR) is 176 cm³/mol. The van der Waals surface area contributed by atoms with Crippen LogP contribution in [-0.4, -0.2) is 82.0 Å². The van der Waals surface area contributed by atoms with Gasteiger partial charge in [0.1, 0.15) is 12.7 Å². The van der Waals surface area contributed by atoms with E-state index in [0.29, 0.717) is 40.4 Å². The number of fused-ring (bicyclic) bond motifs is 1. The molecular weight excluding hydrogens is 640 g/mol. The van der Waals surface area contributed by atoms with E-state index in [1.807, 2.05) is 42.5 Å². The molecule has 14 heteroatoms. The molecule has 4 aromatic rings. The summed E-state index contributed by atoms with van der Waals surface area (Å²) in [5.41, 5.74) is 3.30. The molecular formula is C34H37ClN6O7. The topological polar surface area (TPSA) is 147 Å². The first-order valence-electron chi connectivity index (χ1n) is 15.8. The molecule has 1 N–H and O–H groups in total. The largest absolute Gasteiger partial charge is 0.463 e. The number of halogens is 1. The number of carbonyl (C=O) groups excluding carboxylic acids is 3. The third-order valence-corrected chi connectivity index (χ3v) is 8.50. The Hall–Kier alpha value is -4.75. The van der Waals surface area contributed by atoms with Crippen molar-refractivity contribution in [2.24, 2.45) is 5.92 Å². The monoisotopic (exact) mass is 676 g/mol. The van der Waals surface area contributed by atoms with E-state index >= 15 is 0 Å². The molecule has 0 aliphatic carbocycles. The molecule has 13 nitrogen and oxygen atoms in total. The molecule has 2 aromatic heterocycles. The second-order valence-electron chi connectivity index (χ2n) is 12.0. The minimum atomic E-state index is -1.08. The van der Waals surface area contributed by atoms with Crippen molar-refractivity contribution in [3.8, 4) is 0 Å². The summed E-state index contributed by atoms with van der Waals surface area (Å²) in [4.78, 5) is 52.6. The lowest BCUT2D eigenvalue weighted by Gasteiger charge is -2.39. The fourth-order valence-corrected chi connectivity index (χ4v) is 6.18. The maximum atomic E-state index is 12.3. The van der Waals surface area contributed by atoms with Crippen LogP contribution in [0.15, 0.2) is 60.9 Å². The maximum Gasteiger partial charge on any atom is 0.303 e. The molecule has 2 aliphatic heterocycles. The van der Waals surface area contributed by atoms with Gasteiger partial charge in [-0.05, 0) is 42.0 Å². The average molecular weight is 677 g/mol. The van der Waals surface area contributed by atoms with Gasteiger partial charge in [0.05, 0.1) is 6.33 Å². The number of hydrogen-bond donors (Lipinski definition) is 1. The molecule has 0 bridgehead atoms. The maximum absolute atomic E-state index is 12.3. The van der Waals surface area contributed by atoms with Gasteiger partial charge in [-0.3, -0.25) is 19.0 Å². The van der Waals surface area contributed by atoms with Crippen LogP contribution < -0.4 is 10.2 Å². The standard InChI is InChI=1S/C34H37ClN6O7/c1-20(42)45-18-27-29(46-21(2)43)30(47-22(3)44)33(48-27)41-19-37-28-31(36-14-13-23-7-5-4-6-8-23)38-34(39-32(28)41)40-16-25(17-40)15-24-9-11-26(35)12-10-24/h4-12,19,25,27,29-30,33H,13-18H2,1-3H3,(H,36,38,39)/t27-,29-,30+,33-/m1/s1. The first-order chi connectivity index (χ1) is 23.1. The van der Waals surface area contributed by atoms with E-state index in [1.54, 1.807) is 4.57 Å². The molecule has 6 rings (SSSR count). The number of aromatic nitrogens is 4. The summed E-state index contributed by atoms with van der Waals surface area (Å²) in [7, 11) is 0. The summed E-state index contributed by atoms with van der Waals surface area (Å²) in [6.45, 7) is 5.64. The number of rotatable bonds is 12. The summed E-state index contributed by atoms with van der Waals surface area (Å²) in [5, 5.41) is 4.15. The Morgan fingerprint density at radius 1 is 0.917 bits per heavy atom. The van der Waals surface area contributed by atoms with Gasteiger partial charge >= 0.3 is 17.9 Å². The van der Waals surface area contributed by atoms with Gasteiger partial charge in [-0.2, -0.15) is 9.97 Å². The average Bonchev–Trinajstić information content (AvgIpc) is 3.59. The van der Waals surface area contributed by atoms with Crippen LogP contribution in [0.5, 0.6) is 0 Å². The summed E-state index contributed by atoms with van der Waals surface area (Å²) in [6.07, 6.45) is -0.858. The molecule has 48 heavy (non-hydrogen) atoms. The van der Waals surface area contributed by atoms with E-state index in [2.05, 4.69) is 27.3 Å². The molecule has 2 aliphatic rings. The normalized spacial score (nSPS) is 20.7. The van der Waals surface area contributed by atoms with Crippen molar-refractivity contribution >= 4 is 52.4 Å². The Bertz CT molecular complexity index is 1760. The molecule has 2 aromatic carbocycles. The first-order valence-corrected chi connectivity index (χ1v) is 16.2. The predicted octanol–water partition coefficient (Wildman–Crippen LogP) is 4.14. The van der Waals surface area contributed by atoms with Crippen molar-refractivity contribution in [2.75, 3.05) is 36.5 Å². The Balaban J connectivity index is 1.31. The van der Waals surface area contributed by atoms with Crippen LogP contribution in [-0.2, 0) is 46.2 Å². The number of hydrogen-bond acceptors (Lipinski definition) is 12. The van der Waals surface area contributed by atoms with E-state index in [1.165, 1.54) is 38.2 Å². The molecule has 0 spiro atoms. The number of nitrogens with zero attached hydrogens (tertiary/aromatic N) is 5. The Morgan fingerprint density at radius 2 is 1.62 bits per heavy atom. The Morgan fingerprint density at radius 3 is 2.31 bits per heavy atom. The van der Waals surface area contributed by atoms with Crippen LogP contribution in [0, 0.1) is 5.92 Å². The van der Waals surface area contributed by atoms with E-state index in [9.17, 15) is 14.4 Å². The number of ether oxygens (including phenoxy) is 4. The quantitative estimate of drug-likeness (QED) is 0.170. The van der Waals surface area contributed by atoms with Crippen molar-refractivity contribution in [1.82, 2.24) is 19.5 Å². The van der Waals surface area contributed by atoms with Gasteiger partial charge in [-0.25, -0.2) is 4.98 Å². The molecule has 4 heterocycles. The Kier molecular flexibility index (Phi) is 10.1. The highest BCUT2D eigenvalue weighted by Gasteiger charge is 2.51. The lowest BCUT2D eigenvalue weighted by molar-refractivity contribution is -0.166. The zero-order valence-electron chi connectivity index (χ0n) is 26.9. The number of anilines is 2. The fraction of sp³-hybridized carbons (Fsp3) is 0.412. The van der Waals surface area contributed by atoms with Crippen LogP contribution in [0.1, 0.15) is 38.1 Å². The minimum Gasteiger partial charge on any atom is -0.463 e. The highest BCUT2D eigenvalue weighted by Crippen LogP contribution is 2.37. The van der Waals surface area contributed by atoms with Crippen LogP contribution in [0.4, 0.5) is 11.8 Å². The van der Waals surface area contributed by atoms with Gasteiger partial charge in [-0.15, -0.1) is 0 Å². The second-order valence-corrected chi connectivity index (χ2v) is 12.4. The lowest BCUT2D eigenvalue weighted by atomic mass is 9.92. The van der Waals surface area contributed by atoms with Crippen LogP contribution in [0.25, 0.3) is 11.2 Å². The molecule has 252 valence electrons. The number of esters is 3. The fourth-order valence-electron chi connectivity index (χ4n) is 6.06. The van der Waals surface area contributed by atoms with Crippen molar-refractivity contribution in [1.29, 1.82) is 0 Å². The summed E-state index contributed by atoms with van der Waals surface area (Å²) >= 11 is 6.07. The van der Waals surface area contributed by atoms with Crippen LogP contribution in [0.2, 0.25) is 5.02 Å². The van der Waals surface area contributed by atoms with Crippen molar-refractivity contribution in [3.05, 3.63) is 77.1 Å².